The number of rotatable bonds is 5. The molecule has 0 saturated carbocycles. The number of nitrogens with one attached hydrogen (secondary N) is 2. The van der Waals surface area contributed by atoms with Gasteiger partial charge in [-0.3, -0.25) is 9.69 Å². The molecule has 0 bridgehead atoms. The van der Waals surface area contributed by atoms with Crippen molar-refractivity contribution in [1.82, 2.24) is 14.9 Å². The Labute approximate surface area is 195 Å². The van der Waals surface area contributed by atoms with Gasteiger partial charge in [0.15, 0.2) is 16.6 Å². The first-order valence-corrected chi connectivity index (χ1v) is 12.1. The van der Waals surface area contributed by atoms with Gasteiger partial charge in [0.2, 0.25) is 5.91 Å². The highest BCUT2D eigenvalue weighted by molar-refractivity contribution is 7.14. The molecule has 2 aliphatic heterocycles. The number of carbonyl (C=O) groups is 1. The fourth-order valence-electron chi connectivity index (χ4n) is 4.74. The number of nitrogens with zero attached hydrogens (tertiary/aromatic N) is 2. The number of hydrogen-bond acceptors (Lipinski definition) is 6. The topological polar surface area (TPSA) is 79.5 Å². The van der Waals surface area contributed by atoms with E-state index in [9.17, 15) is 4.79 Å². The molecule has 1 fully saturated rings. The first kappa shape index (κ1) is 20.3. The van der Waals surface area contributed by atoms with Crippen molar-refractivity contribution in [2.45, 2.75) is 18.9 Å². The third-order valence-electron chi connectivity index (χ3n) is 6.28. The van der Waals surface area contributed by atoms with E-state index >= 15 is 0 Å². The van der Waals surface area contributed by atoms with Crippen molar-refractivity contribution in [3.8, 4) is 22.8 Å². The van der Waals surface area contributed by atoms with Crippen molar-refractivity contribution < 1.29 is 14.3 Å². The predicted molar refractivity (Wildman–Crippen MR) is 129 cm³/mol. The SMILES string of the molecule is O=C(CN1CCCC1c1ccc2c(c1)OCCO2)Nc1nc(-c2c[nH]c3ccccc23)cs1. The zero-order valence-corrected chi connectivity index (χ0v) is 18.9. The van der Waals surface area contributed by atoms with Crippen LogP contribution in [0.2, 0.25) is 0 Å². The van der Waals surface area contributed by atoms with Gasteiger partial charge < -0.3 is 19.8 Å². The van der Waals surface area contributed by atoms with Crippen molar-refractivity contribution in [3.63, 3.8) is 0 Å². The Hall–Kier alpha value is -3.36. The van der Waals surface area contributed by atoms with E-state index in [0.29, 0.717) is 24.9 Å². The molecule has 0 radical (unpaired) electrons. The fraction of sp³-hybridized carbons (Fsp3) is 0.280. The Balaban J connectivity index is 1.14. The molecule has 8 heteroatoms. The summed E-state index contributed by atoms with van der Waals surface area (Å²) < 4.78 is 11.4. The minimum Gasteiger partial charge on any atom is -0.486 e. The molecule has 1 atom stereocenters. The number of carbonyl (C=O) groups excluding carboxylic acids is 1. The van der Waals surface area contributed by atoms with E-state index in [0.717, 1.165) is 53.0 Å². The number of ether oxygens (including phenoxy) is 2. The molecule has 2 aliphatic rings. The number of likely N-dealkylation sites (tertiary alicyclic amines) is 1. The summed E-state index contributed by atoms with van der Waals surface area (Å²) in [6, 6.07) is 14.5. The van der Waals surface area contributed by atoms with Crippen molar-refractivity contribution in [1.29, 1.82) is 0 Å². The van der Waals surface area contributed by atoms with E-state index in [1.807, 2.05) is 35.8 Å². The highest BCUT2D eigenvalue weighted by Gasteiger charge is 2.29. The van der Waals surface area contributed by atoms with Crippen LogP contribution in [0.5, 0.6) is 11.5 Å². The minimum atomic E-state index is -0.0423. The number of H-pyrrole nitrogens is 1. The first-order valence-electron chi connectivity index (χ1n) is 11.2. The highest BCUT2D eigenvalue weighted by Crippen LogP contribution is 2.38. The van der Waals surface area contributed by atoms with E-state index < -0.39 is 0 Å². The molecule has 6 rings (SSSR count). The largest absolute Gasteiger partial charge is 0.486 e. The summed E-state index contributed by atoms with van der Waals surface area (Å²) >= 11 is 1.45. The molecule has 1 unspecified atom stereocenters. The van der Waals surface area contributed by atoms with Crippen LogP contribution in [0.25, 0.3) is 22.2 Å². The average Bonchev–Trinajstić information content (AvgIpc) is 3.58. The standard InChI is InChI=1S/C25H24N4O3S/c30-24(28-25-27-20(15-33-25)18-13-26-19-5-2-1-4-17(18)19)14-29-9-3-6-21(29)16-7-8-22-23(12-16)32-11-10-31-22/h1-2,4-5,7-8,12-13,15,21,26H,3,6,9-11,14H2,(H,27,28,30). The van der Waals surface area contributed by atoms with Crippen LogP contribution in [0.4, 0.5) is 5.13 Å². The average molecular weight is 461 g/mol. The Morgan fingerprint density at radius 1 is 1.18 bits per heavy atom. The summed E-state index contributed by atoms with van der Waals surface area (Å²) in [5.74, 6) is 1.55. The molecular weight excluding hydrogens is 436 g/mol. The van der Waals surface area contributed by atoms with Gasteiger partial charge in [0.1, 0.15) is 13.2 Å². The zero-order valence-electron chi connectivity index (χ0n) is 18.0. The molecular formula is C25H24N4O3S. The maximum atomic E-state index is 12.8. The number of benzene rings is 2. The second-order valence-corrected chi connectivity index (χ2v) is 9.22. The maximum Gasteiger partial charge on any atom is 0.240 e. The molecule has 4 aromatic rings. The number of fused-ring (bicyclic) bond motifs is 2. The zero-order chi connectivity index (χ0) is 22.2. The van der Waals surface area contributed by atoms with Crippen LogP contribution in [-0.2, 0) is 4.79 Å². The summed E-state index contributed by atoms with van der Waals surface area (Å²) in [7, 11) is 0. The van der Waals surface area contributed by atoms with Gasteiger partial charge in [-0.2, -0.15) is 0 Å². The molecule has 1 amide bonds. The summed E-state index contributed by atoms with van der Waals surface area (Å²) in [5.41, 5.74) is 4.15. The quantitative estimate of drug-likeness (QED) is 0.446. The molecule has 0 aliphatic carbocycles. The molecule has 7 nitrogen and oxygen atoms in total. The van der Waals surface area contributed by atoms with Crippen LogP contribution in [-0.4, -0.2) is 47.1 Å². The number of hydrogen-bond donors (Lipinski definition) is 2. The van der Waals surface area contributed by atoms with Gasteiger partial charge >= 0.3 is 0 Å². The minimum absolute atomic E-state index is 0.0423. The summed E-state index contributed by atoms with van der Waals surface area (Å²) in [4.78, 5) is 23.0. The molecule has 2 aromatic carbocycles. The monoisotopic (exact) mass is 460 g/mol. The first-order chi connectivity index (χ1) is 16.2. The summed E-state index contributed by atoms with van der Waals surface area (Å²) in [5, 5.41) is 6.72. The van der Waals surface area contributed by atoms with E-state index in [1.165, 1.54) is 16.9 Å². The molecule has 2 N–H and O–H groups in total. The molecule has 4 heterocycles. The van der Waals surface area contributed by atoms with Gasteiger partial charge in [-0.15, -0.1) is 11.3 Å². The third kappa shape index (κ3) is 3.96. The molecule has 33 heavy (non-hydrogen) atoms. The lowest BCUT2D eigenvalue weighted by Crippen LogP contribution is -2.33. The van der Waals surface area contributed by atoms with Crippen LogP contribution in [0.15, 0.2) is 54.0 Å². The smallest absolute Gasteiger partial charge is 0.240 e. The van der Waals surface area contributed by atoms with E-state index in [2.05, 4.69) is 38.4 Å². The number of anilines is 1. The molecule has 2 aromatic heterocycles. The van der Waals surface area contributed by atoms with Crippen LogP contribution in [0.1, 0.15) is 24.4 Å². The predicted octanol–water partition coefficient (Wildman–Crippen LogP) is 4.84. The van der Waals surface area contributed by atoms with Crippen molar-refractivity contribution in [3.05, 3.63) is 59.6 Å². The van der Waals surface area contributed by atoms with Crippen LogP contribution in [0.3, 0.4) is 0 Å². The number of aromatic amines is 1. The van der Waals surface area contributed by atoms with Gasteiger partial charge in [0.05, 0.1) is 12.2 Å². The Morgan fingerprint density at radius 3 is 3.00 bits per heavy atom. The summed E-state index contributed by atoms with van der Waals surface area (Å²) in [6.07, 6.45) is 4.05. The Morgan fingerprint density at radius 2 is 2.06 bits per heavy atom. The van der Waals surface area contributed by atoms with E-state index in [4.69, 9.17) is 9.47 Å². The van der Waals surface area contributed by atoms with Gasteiger partial charge in [-0.05, 0) is 43.1 Å². The van der Waals surface area contributed by atoms with Gasteiger partial charge in [-0.25, -0.2) is 4.98 Å². The fourth-order valence-corrected chi connectivity index (χ4v) is 5.47. The lowest BCUT2D eigenvalue weighted by Gasteiger charge is -2.26. The Kier molecular flexibility index (Phi) is 5.24. The molecule has 1 saturated heterocycles. The Bertz CT molecular complexity index is 1310. The lowest BCUT2D eigenvalue weighted by atomic mass is 10.0. The number of aromatic nitrogens is 2. The van der Waals surface area contributed by atoms with Crippen molar-refractivity contribution in [2.24, 2.45) is 0 Å². The van der Waals surface area contributed by atoms with Crippen LogP contribution >= 0.6 is 11.3 Å². The molecule has 0 spiro atoms. The van der Waals surface area contributed by atoms with Gasteiger partial charge in [-0.1, -0.05) is 24.3 Å². The van der Waals surface area contributed by atoms with Crippen molar-refractivity contribution in [2.75, 3.05) is 31.6 Å². The third-order valence-corrected chi connectivity index (χ3v) is 7.03. The van der Waals surface area contributed by atoms with Crippen molar-refractivity contribution >= 4 is 33.3 Å². The number of amides is 1. The summed E-state index contributed by atoms with van der Waals surface area (Å²) in [6.45, 7) is 2.38. The second kappa shape index (κ2) is 8.53. The number of para-hydroxylation sites is 1. The second-order valence-electron chi connectivity index (χ2n) is 8.37. The number of thiazole rings is 1. The van der Waals surface area contributed by atoms with Crippen LogP contribution in [0, 0.1) is 0 Å². The lowest BCUT2D eigenvalue weighted by molar-refractivity contribution is -0.117. The normalized spacial score (nSPS) is 18.0. The van der Waals surface area contributed by atoms with E-state index in [1.54, 1.807) is 0 Å². The van der Waals surface area contributed by atoms with E-state index in [-0.39, 0.29) is 11.9 Å². The highest BCUT2D eigenvalue weighted by atomic mass is 32.1. The maximum absolute atomic E-state index is 12.8. The van der Waals surface area contributed by atoms with Crippen LogP contribution < -0.4 is 14.8 Å². The van der Waals surface area contributed by atoms with Gasteiger partial charge in [0.25, 0.3) is 0 Å². The molecule has 168 valence electrons. The van der Waals surface area contributed by atoms with Gasteiger partial charge in [0, 0.05) is 34.1 Å².